The third-order valence-electron chi connectivity index (χ3n) is 2.39. The van der Waals surface area contributed by atoms with Gasteiger partial charge in [0.15, 0.2) is 5.69 Å². The lowest BCUT2D eigenvalue weighted by molar-refractivity contribution is 0.0957. The van der Waals surface area contributed by atoms with Crippen molar-refractivity contribution < 1.29 is 4.79 Å². The molecule has 5 nitrogen and oxygen atoms in total. The van der Waals surface area contributed by atoms with Gasteiger partial charge in [-0.2, -0.15) is 0 Å². The lowest BCUT2D eigenvalue weighted by Crippen LogP contribution is -2.19. The van der Waals surface area contributed by atoms with Gasteiger partial charge in [0, 0.05) is 12.1 Å². The van der Waals surface area contributed by atoms with Crippen molar-refractivity contribution in [3.8, 4) is 5.69 Å². The normalized spacial score (nSPS) is 10.3. The predicted molar refractivity (Wildman–Crippen MR) is 64.5 cm³/mol. The van der Waals surface area contributed by atoms with Crippen LogP contribution >= 0.6 is 11.6 Å². The molecule has 0 fully saturated rings. The molecule has 2 aromatic rings. The minimum atomic E-state index is -0.254. The summed E-state index contributed by atoms with van der Waals surface area (Å²) in [5, 5.41) is 10.9. The van der Waals surface area contributed by atoms with Crippen molar-refractivity contribution in [1.82, 2.24) is 20.3 Å². The molecule has 1 N–H and O–H groups in total. The summed E-state index contributed by atoms with van der Waals surface area (Å²) < 4.78 is 1.58. The second-order valence-corrected chi connectivity index (χ2v) is 3.93. The highest BCUT2D eigenvalue weighted by molar-refractivity contribution is 6.30. The van der Waals surface area contributed by atoms with E-state index in [2.05, 4.69) is 15.6 Å². The van der Waals surface area contributed by atoms with Crippen LogP contribution in [0.4, 0.5) is 0 Å². The number of carbonyl (C=O) groups is 1. The Bertz CT molecular complexity index is 564. The van der Waals surface area contributed by atoms with Crippen LogP contribution in [-0.4, -0.2) is 27.9 Å². The highest BCUT2D eigenvalue weighted by atomic mass is 35.5. The third-order valence-corrected chi connectivity index (χ3v) is 2.62. The van der Waals surface area contributed by atoms with Crippen LogP contribution in [0.3, 0.4) is 0 Å². The van der Waals surface area contributed by atoms with E-state index >= 15 is 0 Å². The number of carbonyl (C=O) groups excluding carboxylic acids is 1. The van der Waals surface area contributed by atoms with Crippen molar-refractivity contribution in [1.29, 1.82) is 0 Å². The molecule has 0 aliphatic carbocycles. The summed E-state index contributed by atoms with van der Waals surface area (Å²) in [5.41, 5.74) is 1.76. The average molecular weight is 251 g/mol. The Morgan fingerprint density at radius 1 is 1.47 bits per heavy atom. The largest absolute Gasteiger partial charge is 0.354 e. The number of hydrogen-bond acceptors (Lipinski definition) is 3. The third kappa shape index (κ3) is 2.14. The number of aromatic nitrogens is 3. The zero-order valence-electron chi connectivity index (χ0n) is 9.44. The molecule has 0 bridgehead atoms. The van der Waals surface area contributed by atoms with E-state index in [-0.39, 0.29) is 5.91 Å². The van der Waals surface area contributed by atoms with Crippen LogP contribution in [-0.2, 0) is 0 Å². The summed E-state index contributed by atoms with van der Waals surface area (Å²) in [5.74, 6) is -0.254. The average Bonchev–Trinajstić information content (AvgIpc) is 2.70. The van der Waals surface area contributed by atoms with Crippen molar-refractivity contribution in [3.63, 3.8) is 0 Å². The van der Waals surface area contributed by atoms with Gasteiger partial charge in [-0.1, -0.05) is 22.9 Å². The van der Waals surface area contributed by atoms with Crippen molar-refractivity contribution in [2.75, 3.05) is 7.05 Å². The van der Waals surface area contributed by atoms with Crippen LogP contribution in [0.25, 0.3) is 5.69 Å². The van der Waals surface area contributed by atoms with Gasteiger partial charge in [-0.3, -0.25) is 4.79 Å². The molecule has 0 aliphatic rings. The molecule has 0 aliphatic heterocycles. The number of rotatable bonds is 2. The molecular weight excluding hydrogens is 240 g/mol. The Morgan fingerprint density at radius 2 is 2.24 bits per heavy atom. The van der Waals surface area contributed by atoms with E-state index in [1.165, 1.54) is 0 Å². The number of nitrogens with zero attached hydrogens (tertiary/aromatic N) is 3. The smallest absolute Gasteiger partial charge is 0.273 e. The minimum Gasteiger partial charge on any atom is -0.354 e. The summed E-state index contributed by atoms with van der Waals surface area (Å²) in [6.07, 6.45) is 0. The SMILES string of the molecule is CNC(=O)c1nnn(-c2cccc(Cl)c2)c1C. The van der Waals surface area contributed by atoms with Gasteiger partial charge in [0.05, 0.1) is 11.4 Å². The van der Waals surface area contributed by atoms with Crippen LogP contribution in [0, 0.1) is 6.92 Å². The first-order valence-corrected chi connectivity index (χ1v) is 5.41. The maximum Gasteiger partial charge on any atom is 0.273 e. The Balaban J connectivity index is 2.48. The van der Waals surface area contributed by atoms with E-state index in [1.54, 1.807) is 30.8 Å². The van der Waals surface area contributed by atoms with Gasteiger partial charge >= 0.3 is 0 Å². The van der Waals surface area contributed by atoms with Crippen molar-refractivity contribution >= 4 is 17.5 Å². The fraction of sp³-hybridized carbons (Fsp3) is 0.182. The molecule has 0 atom stereocenters. The maximum atomic E-state index is 11.5. The van der Waals surface area contributed by atoms with Gasteiger partial charge in [0.25, 0.3) is 5.91 Å². The first kappa shape index (κ1) is 11.6. The summed E-state index contributed by atoms with van der Waals surface area (Å²) in [4.78, 5) is 11.5. The molecule has 17 heavy (non-hydrogen) atoms. The van der Waals surface area contributed by atoms with Gasteiger partial charge in [0.1, 0.15) is 0 Å². The van der Waals surface area contributed by atoms with Crippen LogP contribution in [0.1, 0.15) is 16.2 Å². The van der Waals surface area contributed by atoms with E-state index in [1.807, 2.05) is 12.1 Å². The van der Waals surface area contributed by atoms with Crippen molar-refractivity contribution in [2.45, 2.75) is 6.92 Å². The van der Waals surface area contributed by atoms with Crippen molar-refractivity contribution in [2.24, 2.45) is 0 Å². The van der Waals surface area contributed by atoms with E-state index in [0.717, 1.165) is 5.69 Å². The van der Waals surface area contributed by atoms with E-state index < -0.39 is 0 Å². The number of nitrogens with one attached hydrogen (secondary N) is 1. The molecule has 6 heteroatoms. The molecule has 88 valence electrons. The first-order valence-electron chi connectivity index (χ1n) is 5.04. The number of benzene rings is 1. The second-order valence-electron chi connectivity index (χ2n) is 3.49. The quantitative estimate of drug-likeness (QED) is 0.881. The molecule has 1 aromatic heterocycles. The summed E-state index contributed by atoms with van der Waals surface area (Å²) >= 11 is 5.90. The summed E-state index contributed by atoms with van der Waals surface area (Å²) in [6.45, 7) is 1.78. The number of hydrogen-bond donors (Lipinski definition) is 1. The maximum absolute atomic E-state index is 11.5. The molecule has 0 unspecified atom stereocenters. The monoisotopic (exact) mass is 250 g/mol. The van der Waals surface area contributed by atoms with Crippen LogP contribution in [0.2, 0.25) is 5.02 Å². The predicted octanol–water partition coefficient (Wildman–Crippen LogP) is 1.59. The highest BCUT2D eigenvalue weighted by Gasteiger charge is 2.15. The molecule has 2 rings (SSSR count). The topological polar surface area (TPSA) is 59.8 Å². The fourth-order valence-corrected chi connectivity index (χ4v) is 1.70. The number of halogens is 1. The molecule has 0 saturated heterocycles. The molecule has 1 amide bonds. The second kappa shape index (κ2) is 4.55. The van der Waals surface area contributed by atoms with E-state index in [0.29, 0.717) is 16.4 Å². The molecule has 0 saturated carbocycles. The molecule has 0 spiro atoms. The van der Waals surface area contributed by atoms with Crippen molar-refractivity contribution in [3.05, 3.63) is 40.7 Å². The summed E-state index contributed by atoms with van der Waals surface area (Å²) in [6, 6.07) is 7.20. The number of amides is 1. The molecule has 1 aromatic carbocycles. The zero-order chi connectivity index (χ0) is 12.4. The molecular formula is C11H11ClN4O. The lowest BCUT2D eigenvalue weighted by Gasteiger charge is -2.03. The molecule has 1 heterocycles. The highest BCUT2D eigenvalue weighted by Crippen LogP contribution is 2.16. The van der Waals surface area contributed by atoms with Gasteiger partial charge in [-0.15, -0.1) is 5.10 Å². The van der Waals surface area contributed by atoms with Crippen LogP contribution < -0.4 is 5.32 Å². The Hall–Kier alpha value is -1.88. The Morgan fingerprint density at radius 3 is 2.88 bits per heavy atom. The van der Waals surface area contributed by atoms with Crippen LogP contribution in [0.15, 0.2) is 24.3 Å². The Labute approximate surface area is 103 Å². The minimum absolute atomic E-state index is 0.254. The van der Waals surface area contributed by atoms with Gasteiger partial charge in [0.2, 0.25) is 0 Å². The lowest BCUT2D eigenvalue weighted by atomic mass is 10.3. The van der Waals surface area contributed by atoms with Gasteiger partial charge in [-0.25, -0.2) is 4.68 Å². The summed E-state index contributed by atoms with van der Waals surface area (Å²) in [7, 11) is 1.56. The van der Waals surface area contributed by atoms with E-state index in [4.69, 9.17) is 11.6 Å². The molecule has 0 radical (unpaired) electrons. The van der Waals surface area contributed by atoms with Gasteiger partial charge < -0.3 is 5.32 Å². The fourth-order valence-electron chi connectivity index (χ4n) is 1.51. The van der Waals surface area contributed by atoms with Crippen LogP contribution in [0.5, 0.6) is 0 Å². The first-order chi connectivity index (χ1) is 8.13. The Kier molecular flexibility index (Phi) is 3.10. The van der Waals surface area contributed by atoms with Gasteiger partial charge in [-0.05, 0) is 25.1 Å². The zero-order valence-corrected chi connectivity index (χ0v) is 10.2. The standard InChI is InChI=1S/C11H11ClN4O/c1-7-10(11(17)13-2)14-15-16(7)9-5-3-4-8(12)6-9/h3-6H,1-2H3,(H,13,17). The van der Waals surface area contributed by atoms with E-state index in [9.17, 15) is 4.79 Å².